The van der Waals surface area contributed by atoms with Crippen molar-refractivity contribution in [3.05, 3.63) is 0 Å². The van der Waals surface area contributed by atoms with Gasteiger partial charge in [-0.2, -0.15) is 0 Å². The van der Waals surface area contributed by atoms with Crippen molar-refractivity contribution in [1.29, 1.82) is 0 Å². The van der Waals surface area contributed by atoms with Crippen LogP contribution in [0.4, 0.5) is 4.79 Å². The predicted octanol–water partition coefficient (Wildman–Crippen LogP) is 0.111. The van der Waals surface area contributed by atoms with Gasteiger partial charge in [-0.05, 0) is 31.6 Å². The zero-order valence-corrected chi connectivity index (χ0v) is 12.1. The zero-order chi connectivity index (χ0) is 15.4. The maximum Gasteiger partial charge on any atom is 0.320 e. The summed E-state index contributed by atoms with van der Waals surface area (Å²) in [6.45, 7) is 0.175. The number of carboxylic acids is 1. The van der Waals surface area contributed by atoms with Gasteiger partial charge in [-0.3, -0.25) is 4.79 Å². The zero-order valence-electron chi connectivity index (χ0n) is 12.1. The molecule has 2 rings (SSSR count). The molecule has 2 atom stereocenters. The molecule has 0 radical (unpaired) electrons. The molecule has 0 aromatic rings. The molecule has 0 saturated carbocycles. The van der Waals surface area contributed by atoms with Crippen molar-refractivity contribution in [2.24, 2.45) is 5.92 Å². The summed E-state index contributed by atoms with van der Waals surface area (Å²) in [7, 11) is 0. The van der Waals surface area contributed by atoms with Crippen molar-refractivity contribution >= 4 is 12.0 Å². The molecule has 2 heterocycles. The van der Waals surface area contributed by atoms with Crippen molar-refractivity contribution in [1.82, 2.24) is 9.80 Å². The quantitative estimate of drug-likeness (QED) is 0.646. The number of fused-ring (bicyclic) bond motifs is 2. The van der Waals surface area contributed by atoms with Crippen LogP contribution in [0.5, 0.6) is 0 Å². The molecule has 7 nitrogen and oxygen atoms in total. The van der Waals surface area contributed by atoms with Crippen molar-refractivity contribution in [2.75, 3.05) is 26.3 Å². The number of piperidine rings is 1. The Balaban J connectivity index is 2.01. The molecule has 2 unspecified atom stereocenters. The van der Waals surface area contributed by atoms with E-state index in [2.05, 4.69) is 0 Å². The van der Waals surface area contributed by atoms with Gasteiger partial charge in [-0.25, -0.2) is 4.79 Å². The molecule has 2 aliphatic rings. The number of aliphatic hydroxyl groups excluding tert-OH is 2. The van der Waals surface area contributed by atoms with Gasteiger partial charge < -0.3 is 25.1 Å². The minimum atomic E-state index is -0.777. The summed E-state index contributed by atoms with van der Waals surface area (Å²) in [6.07, 6.45) is 3.48. The number of carbonyl (C=O) groups excluding carboxylic acids is 1. The molecule has 0 aromatic carbocycles. The van der Waals surface area contributed by atoms with Crippen molar-refractivity contribution < 1.29 is 24.9 Å². The molecule has 2 saturated heterocycles. The first-order valence-corrected chi connectivity index (χ1v) is 7.57. The second-order valence-electron chi connectivity index (χ2n) is 5.94. The van der Waals surface area contributed by atoms with Crippen LogP contribution in [-0.2, 0) is 4.79 Å². The third kappa shape index (κ3) is 3.65. The van der Waals surface area contributed by atoms with Crippen LogP contribution in [-0.4, -0.2) is 75.5 Å². The molecule has 21 heavy (non-hydrogen) atoms. The van der Waals surface area contributed by atoms with Crippen LogP contribution in [0.1, 0.15) is 32.1 Å². The van der Waals surface area contributed by atoms with Gasteiger partial charge in [-0.15, -0.1) is 0 Å². The highest BCUT2D eigenvalue weighted by Crippen LogP contribution is 2.40. The topological polar surface area (TPSA) is 101 Å². The average Bonchev–Trinajstić information content (AvgIpc) is 2.69. The number of carboxylic acid groups (broad SMARTS) is 1. The Morgan fingerprint density at radius 3 is 2.00 bits per heavy atom. The molecule has 3 N–H and O–H groups in total. The molecule has 0 aromatic heterocycles. The second kappa shape index (κ2) is 7.09. The summed E-state index contributed by atoms with van der Waals surface area (Å²) in [5.74, 6) is -0.630. The van der Waals surface area contributed by atoms with E-state index in [1.165, 1.54) is 4.90 Å². The fourth-order valence-corrected chi connectivity index (χ4v) is 3.72. The Bertz CT molecular complexity index is 370. The van der Waals surface area contributed by atoms with Crippen LogP contribution in [0.3, 0.4) is 0 Å². The Labute approximate surface area is 124 Å². The van der Waals surface area contributed by atoms with Crippen LogP contribution in [0, 0.1) is 5.92 Å². The lowest BCUT2D eigenvalue weighted by atomic mass is 9.88. The van der Waals surface area contributed by atoms with E-state index < -0.39 is 5.97 Å². The summed E-state index contributed by atoms with van der Waals surface area (Å²) < 4.78 is 0. The van der Waals surface area contributed by atoms with Crippen molar-refractivity contribution in [3.63, 3.8) is 0 Å². The molecule has 0 aliphatic carbocycles. The van der Waals surface area contributed by atoms with E-state index in [0.717, 1.165) is 25.7 Å². The van der Waals surface area contributed by atoms with E-state index in [9.17, 15) is 9.59 Å². The number of hydrogen-bond acceptors (Lipinski definition) is 4. The van der Waals surface area contributed by atoms with Gasteiger partial charge in [0.25, 0.3) is 0 Å². The Morgan fingerprint density at radius 1 is 1.05 bits per heavy atom. The van der Waals surface area contributed by atoms with Crippen LogP contribution < -0.4 is 0 Å². The highest BCUT2D eigenvalue weighted by Gasteiger charge is 2.44. The first-order chi connectivity index (χ1) is 10.1. The monoisotopic (exact) mass is 300 g/mol. The van der Waals surface area contributed by atoms with Gasteiger partial charge in [0.2, 0.25) is 0 Å². The maximum atomic E-state index is 12.6. The Hall–Kier alpha value is -1.34. The van der Waals surface area contributed by atoms with E-state index >= 15 is 0 Å². The highest BCUT2D eigenvalue weighted by atomic mass is 16.4. The number of rotatable bonds is 6. The predicted molar refractivity (Wildman–Crippen MR) is 74.8 cm³/mol. The van der Waals surface area contributed by atoms with Gasteiger partial charge in [0.15, 0.2) is 0 Å². The second-order valence-corrected chi connectivity index (χ2v) is 5.94. The van der Waals surface area contributed by atoms with E-state index in [0.29, 0.717) is 0 Å². The van der Waals surface area contributed by atoms with Crippen LogP contribution >= 0.6 is 0 Å². The first kappa shape index (κ1) is 16.0. The van der Waals surface area contributed by atoms with Crippen molar-refractivity contribution in [3.8, 4) is 0 Å². The molecule has 120 valence electrons. The maximum absolute atomic E-state index is 12.6. The van der Waals surface area contributed by atoms with Gasteiger partial charge >= 0.3 is 12.0 Å². The van der Waals surface area contributed by atoms with Crippen LogP contribution in [0.15, 0.2) is 0 Å². The molecule has 0 spiro atoms. The Kier molecular flexibility index (Phi) is 5.41. The molecule has 2 bridgehead atoms. The summed E-state index contributed by atoms with van der Waals surface area (Å²) in [4.78, 5) is 26.8. The van der Waals surface area contributed by atoms with Gasteiger partial charge in [0.1, 0.15) is 0 Å². The number of aliphatic hydroxyl groups is 2. The van der Waals surface area contributed by atoms with E-state index in [-0.39, 0.29) is 56.8 Å². The van der Waals surface area contributed by atoms with E-state index in [1.54, 1.807) is 0 Å². The van der Waals surface area contributed by atoms with Crippen molar-refractivity contribution in [2.45, 2.75) is 44.2 Å². The summed E-state index contributed by atoms with van der Waals surface area (Å²) >= 11 is 0. The number of amides is 2. The lowest BCUT2D eigenvalue weighted by Crippen LogP contribution is -2.53. The summed E-state index contributed by atoms with van der Waals surface area (Å²) in [5.41, 5.74) is 0. The number of aliphatic carboxylic acids is 1. The minimum absolute atomic E-state index is 0.0977. The van der Waals surface area contributed by atoms with Gasteiger partial charge in [0, 0.05) is 31.6 Å². The fourth-order valence-electron chi connectivity index (χ4n) is 3.72. The molecule has 2 fully saturated rings. The third-order valence-corrected chi connectivity index (χ3v) is 4.53. The summed E-state index contributed by atoms with van der Waals surface area (Å²) in [6, 6.07) is 0.0559. The van der Waals surface area contributed by atoms with E-state index in [4.69, 9.17) is 15.3 Å². The van der Waals surface area contributed by atoms with Crippen LogP contribution in [0.2, 0.25) is 0 Å². The number of urea groups is 1. The normalized spacial score (nSPS) is 27.7. The number of carbonyl (C=O) groups is 2. The lowest BCUT2D eigenvalue weighted by Gasteiger charge is -2.41. The van der Waals surface area contributed by atoms with Crippen LogP contribution in [0.25, 0.3) is 0 Å². The molecule has 2 aliphatic heterocycles. The van der Waals surface area contributed by atoms with E-state index in [1.807, 2.05) is 4.90 Å². The van der Waals surface area contributed by atoms with Gasteiger partial charge in [0.05, 0.1) is 13.2 Å². The standard InChI is InChI=1S/C14H24N2O5/c17-5-3-15(4-6-18)14(21)16-11-1-2-12(16)8-10(7-11)9-13(19)20/h10-12,17-18H,1-9H2,(H,19,20). The number of nitrogens with zero attached hydrogens (tertiary/aromatic N) is 2. The SMILES string of the molecule is O=C(O)CC1CC2CCC(C1)N2C(=O)N(CCO)CCO. The smallest absolute Gasteiger partial charge is 0.320 e. The minimum Gasteiger partial charge on any atom is -0.481 e. The lowest BCUT2D eigenvalue weighted by molar-refractivity contribution is -0.138. The third-order valence-electron chi connectivity index (χ3n) is 4.53. The summed E-state index contributed by atoms with van der Waals surface area (Å²) in [5, 5.41) is 27.0. The molecular weight excluding hydrogens is 276 g/mol. The average molecular weight is 300 g/mol. The fraction of sp³-hybridized carbons (Fsp3) is 0.857. The number of hydrogen-bond donors (Lipinski definition) is 3. The largest absolute Gasteiger partial charge is 0.481 e. The Morgan fingerprint density at radius 2 is 1.57 bits per heavy atom. The molecular formula is C14H24N2O5. The molecule has 7 heteroatoms. The highest BCUT2D eigenvalue weighted by molar-refractivity contribution is 5.76. The first-order valence-electron chi connectivity index (χ1n) is 7.57. The molecule has 2 amide bonds. The van der Waals surface area contributed by atoms with Gasteiger partial charge in [-0.1, -0.05) is 0 Å².